The Balaban J connectivity index is 2.34. The summed E-state index contributed by atoms with van der Waals surface area (Å²) < 4.78 is 23.2. The van der Waals surface area contributed by atoms with Crippen LogP contribution in [0.4, 0.5) is 0 Å². The maximum absolute atomic E-state index is 12.6. The van der Waals surface area contributed by atoms with Gasteiger partial charge in [-0.25, -0.2) is 0 Å². The molecule has 1 aromatic carbocycles. The molecule has 2 rings (SSSR count). The van der Waals surface area contributed by atoms with Crippen LogP contribution in [0.5, 0.6) is 0 Å². The Morgan fingerprint density at radius 1 is 1.26 bits per heavy atom. The van der Waals surface area contributed by atoms with E-state index in [0.29, 0.717) is 13.2 Å². The highest BCUT2D eigenvalue weighted by molar-refractivity contribution is 7.54. The van der Waals surface area contributed by atoms with Gasteiger partial charge in [-0.1, -0.05) is 6.07 Å². The highest BCUT2D eigenvalue weighted by atomic mass is 31.2. The Morgan fingerprint density at radius 2 is 1.95 bits per heavy atom. The van der Waals surface area contributed by atoms with Gasteiger partial charge in [-0.2, -0.15) is 0 Å². The predicted molar refractivity (Wildman–Crippen MR) is 76.1 cm³/mol. The molecule has 0 spiro atoms. The van der Waals surface area contributed by atoms with Gasteiger partial charge < -0.3 is 19.8 Å². The lowest BCUT2D eigenvalue weighted by atomic mass is 10.1. The zero-order chi connectivity index (χ0) is 13.9. The highest BCUT2D eigenvalue weighted by Crippen LogP contribution is 2.58. The van der Waals surface area contributed by atoms with Crippen molar-refractivity contribution in [1.29, 1.82) is 0 Å². The van der Waals surface area contributed by atoms with E-state index in [0.717, 1.165) is 16.5 Å². The highest BCUT2D eigenvalue weighted by Gasteiger charge is 2.33. The SMILES string of the molecule is CCOP(=O)(OCC)[C@H](N)c1ccc2[nH]ccc2c1. The molecular formula is C13H19N2O3P. The predicted octanol–water partition coefficient (Wildman–Crippen LogP) is 3.39. The lowest BCUT2D eigenvalue weighted by molar-refractivity contribution is 0.212. The molecule has 0 aliphatic carbocycles. The monoisotopic (exact) mass is 282 g/mol. The minimum Gasteiger partial charge on any atom is -0.361 e. The fraction of sp³-hybridized carbons (Fsp3) is 0.385. The van der Waals surface area contributed by atoms with Crippen LogP contribution in [0.3, 0.4) is 0 Å². The molecule has 1 aromatic heterocycles. The second-order valence-electron chi connectivity index (χ2n) is 4.14. The minimum absolute atomic E-state index is 0.303. The van der Waals surface area contributed by atoms with Crippen molar-refractivity contribution in [2.45, 2.75) is 19.6 Å². The van der Waals surface area contributed by atoms with E-state index in [1.54, 1.807) is 13.8 Å². The van der Waals surface area contributed by atoms with Crippen LogP contribution in [0.1, 0.15) is 25.2 Å². The molecule has 5 nitrogen and oxygen atoms in total. The average Bonchev–Trinajstić information content (AvgIpc) is 2.85. The van der Waals surface area contributed by atoms with Gasteiger partial charge in [-0.05, 0) is 43.0 Å². The van der Waals surface area contributed by atoms with Crippen LogP contribution in [-0.2, 0) is 13.6 Å². The molecule has 0 radical (unpaired) electrons. The molecule has 0 bridgehead atoms. The summed E-state index contributed by atoms with van der Waals surface area (Å²) in [5, 5.41) is 1.02. The summed E-state index contributed by atoms with van der Waals surface area (Å²) in [6.45, 7) is 4.15. The number of nitrogens with one attached hydrogen (secondary N) is 1. The molecule has 0 aliphatic heterocycles. The van der Waals surface area contributed by atoms with Gasteiger partial charge in [0.05, 0.1) is 13.2 Å². The van der Waals surface area contributed by atoms with E-state index in [1.165, 1.54) is 0 Å². The van der Waals surface area contributed by atoms with Crippen LogP contribution in [0.2, 0.25) is 0 Å². The third-order valence-electron chi connectivity index (χ3n) is 2.88. The molecule has 19 heavy (non-hydrogen) atoms. The van der Waals surface area contributed by atoms with Crippen molar-refractivity contribution in [2.75, 3.05) is 13.2 Å². The number of aromatic nitrogens is 1. The van der Waals surface area contributed by atoms with E-state index >= 15 is 0 Å². The van der Waals surface area contributed by atoms with Crippen LogP contribution >= 0.6 is 7.60 Å². The van der Waals surface area contributed by atoms with E-state index in [4.69, 9.17) is 14.8 Å². The smallest absolute Gasteiger partial charge is 0.351 e. The van der Waals surface area contributed by atoms with Crippen LogP contribution in [0, 0.1) is 0 Å². The topological polar surface area (TPSA) is 77.3 Å². The summed E-state index contributed by atoms with van der Waals surface area (Å²) in [6, 6.07) is 7.60. The summed E-state index contributed by atoms with van der Waals surface area (Å²) in [6.07, 6.45) is 1.85. The van der Waals surface area contributed by atoms with E-state index < -0.39 is 13.4 Å². The second kappa shape index (κ2) is 5.88. The first-order valence-corrected chi connectivity index (χ1v) is 7.93. The normalized spacial score (nSPS) is 13.8. The maximum Gasteiger partial charge on any atom is 0.351 e. The summed E-state index contributed by atoms with van der Waals surface area (Å²) >= 11 is 0. The van der Waals surface area contributed by atoms with Crippen LogP contribution in [-0.4, -0.2) is 18.2 Å². The molecule has 0 unspecified atom stereocenters. The first-order chi connectivity index (χ1) is 9.10. The van der Waals surface area contributed by atoms with Gasteiger partial charge in [0.2, 0.25) is 0 Å². The number of aromatic amines is 1. The van der Waals surface area contributed by atoms with Gasteiger partial charge in [-0.15, -0.1) is 0 Å². The van der Waals surface area contributed by atoms with Crippen molar-refractivity contribution in [1.82, 2.24) is 4.98 Å². The Kier molecular flexibility index (Phi) is 4.42. The van der Waals surface area contributed by atoms with Crippen molar-refractivity contribution >= 4 is 18.5 Å². The van der Waals surface area contributed by atoms with Gasteiger partial charge in [-0.3, -0.25) is 4.57 Å². The first-order valence-electron chi connectivity index (χ1n) is 6.32. The van der Waals surface area contributed by atoms with E-state index in [1.807, 2.05) is 30.5 Å². The largest absolute Gasteiger partial charge is 0.361 e. The van der Waals surface area contributed by atoms with Crippen molar-refractivity contribution in [3.8, 4) is 0 Å². The number of hydrogen-bond acceptors (Lipinski definition) is 4. The number of nitrogens with two attached hydrogens (primary N) is 1. The fourth-order valence-electron chi connectivity index (χ4n) is 2.00. The van der Waals surface area contributed by atoms with Crippen molar-refractivity contribution in [2.24, 2.45) is 5.73 Å². The van der Waals surface area contributed by atoms with Crippen LogP contribution in [0.25, 0.3) is 10.9 Å². The van der Waals surface area contributed by atoms with Crippen molar-refractivity contribution < 1.29 is 13.6 Å². The first kappa shape index (κ1) is 14.3. The molecule has 1 heterocycles. The van der Waals surface area contributed by atoms with Gasteiger partial charge >= 0.3 is 7.60 Å². The van der Waals surface area contributed by atoms with Gasteiger partial charge in [0.1, 0.15) is 5.78 Å². The summed E-state index contributed by atoms with van der Waals surface area (Å²) in [7, 11) is -3.32. The third kappa shape index (κ3) is 2.90. The Labute approximate surface area is 112 Å². The zero-order valence-electron chi connectivity index (χ0n) is 11.1. The van der Waals surface area contributed by atoms with E-state index in [-0.39, 0.29) is 0 Å². The zero-order valence-corrected chi connectivity index (χ0v) is 12.0. The van der Waals surface area contributed by atoms with E-state index in [9.17, 15) is 4.57 Å². The molecule has 0 aliphatic rings. The van der Waals surface area contributed by atoms with Gasteiger partial charge in [0, 0.05) is 11.7 Å². The van der Waals surface area contributed by atoms with E-state index in [2.05, 4.69) is 4.98 Å². The molecule has 0 amide bonds. The molecule has 2 aromatic rings. The summed E-state index contributed by atoms with van der Waals surface area (Å²) in [5.74, 6) is -0.772. The lowest BCUT2D eigenvalue weighted by Crippen LogP contribution is -2.14. The van der Waals surface area contributed by atoms with Crippen LogP contribution < -0.4 is 5.73 Å². The minimum atomic E-state index is -3.32. The molecule has 1 atom stereocenters. The number of hydrogen-bond donors (Lipinski definition) is 2. The molecule has 0 saturated heterocycles. The van der Waals surface area contributed by atoms with Crippen molar-refractivity contribution in [3.05, 3.63) is 36.0 Å². The fourth-order valence-corrected chi connectivity index (χ4v) is 3.64. The molecule has 0 fully saturated rings. The standard InChI is InChI=1S/C13H19N2O3P/c1-3-17-19(16,18-4-2)13(14)11-5-6-12-10(9-11)7-8-15-12/h5-9,13,15H,3-4,14H2,1-2H3/t13-/m0/s1. The number of rotatable bonds is 6. The Bertz CT molecular complexity index is 586. The molecule has 104 valence electrons. The summed E-state index contributed by atoms with van der Waals surface area (Å²) in [5.41, 5.74) is 7.84. The number of fused-ring (bicyclic) bond motifs is 1. The average molecular weight is 282 g/mol. The van der Waals surface area contributed by atoms with Gasteiger partial charge in [0.15, 0.2) is 0 Å². The summed E-state index contributed by atoms with van der Waals surface area (Å²) in [4.78, 5) is 3.10. The molecule has 6 heteroatoms. The quantitative estimate of drug-likeness (QED) is 0.796. The number of benzene rings is 1. The lowest BCUT2D eigenvalue weighted by Gasteiger charge is -2.23. The van der Waals surface area contributed by atoms with Gasteiger partial charge in [0.25, 0.3) is 0 Å². The third-order valence-corrected chi connectivity index (χ3v) is 5.09. The van der Waals surface area contributed by atoms with Crippen LogP contribution in [0.15, 0.2) is 30.5 Å². The molecule has 3 N–H and O–H groups in total. The molecular weight excluding hydrogens is 263 g/mol. The second-order valence-corrected chi connectivity index (χ2v) is 6.30. The Hall–Kier alpha value is -1.13. The Morgan fingerprint density at radius 3 is 2.58 bits per heavy atom. The number of H-pyrrole nitrogens is 1. The molecule has 0 saturated carbocycles. The maximum atomic E-state index is 12.6. The van der Waals surface area contributed by atoms with Crippen molar-refractivity contribution in [3.63, 3.8) is 0 Å².